The summed E-state index contributed by atoms with van der Waals surface area (Å²) >= 11 is 0. The van der Waals surface area contributed by atoms with E-state index in [1.54, 1.807) is 0 Å². The van der Waals surface area contributed by atoms with Crippen molar-refractivity contribution >= 4 is 6.08 Å². The molecule has 0 aromatic heterocycles. The van der Waals surface area contributed by atoms with E-state index in [2.05, 4.69) is 79.0 Å². The van der Waals surface area contributed by atoms with Gasteiger partial charge in [0.1, 0.15) is 0 Å². The lowest BCUT2D eigenvalue weighted by atomic mass is 10.1. The van der Waals surface area contributed by atoms with Gasteiger partial charge in [0, 0.05) is 12.6 Å². The Labute approximate surface area is 122 Å². The Morgan fingerprint density at radius 3 is 2.30 bits per heavy atom. The summed E-state index contributed by atoms with van der Waals surface area (Å²) in [5.74, 6) is 0. The van der Waals surface area contributed by atoms with E-state index in [-0.39, 0.29) is 0 Å². The molecule has 1 unspecified atom stereocenters. The average molecular weight is 265 g/mol. The third-order valence-corrected chi connectivity index (χ3v) is 3.40. The molecule has 0 aliphatic heterocycles. The summed E-state index contributed by atoms with van der Waals surface area (Å²) < 4.78 is 0. The third kappa shape index (κ3) is 5.41. The Bertz CT molecular complexity index is 502. The molecule has 2 rings (SSSR count). The third-order valence-electron chi connectivity index (χ3n) is 3.40. The van der Waals surface area contributed by atoms with Crippen LogP contribution in [0.25, 0.3) is 6.08 Å². The average Bonchev–Trinajstić information content (AvgIpc) is 2.52. The predicted molar refractivity (Wildman–Crippen MR) is 87.7 cm³/mol. The number of rotatable bonds is 7. The molecule has 0 amide bonds. The minimum Gasteiger partial charge on any atom is -0.311 e. The van der Waals surface area contributed by atoms with Crippen LogP contribution in [-0.2, 0) is 6.42 Å². The lowest BCUT2D eigenvalue weighted by Gasteiger charge is -2.12. The summed E-state index contributed by atoms with van der Waals surface area (Å²) in [6, 6.07) is 21.6. The minimum atomic E-state index is 0.538. The molecule has 0 bridgehead atoms. The second kappa shape index (κ2) is 8.34. The fourth-order valence-electron chi connectivity index (χ4n) is 2.16. The highest BCUT2D eigenvalue weighted by Gasteiger charge is 2.00. The maximum Gasteiger partial charge on any atom is 0.0140 e. The summed E-state index contributed by atoms with van der Waals surface area (Å²) in [5, 5.41) is 3.54. The Kier molecular flexibility index (Phi) is 6.07. The van der Waals surface area contributed by atoms with Crippen molar-refractivity contribution in [3.63, 3.8) is 0 Å². The van der Waals surface area contributed by atoms with E-state index in [1.807, 2.05) is 6.07 Å². The zero-order valence-electron chi connectivity index (χ0n) is 12.1. The molecule has 0 aliphatic rings. The van der Waals surface area contributed by atoms with Crippen molar-refractivity contribution in [1.29, 1.82) is 0 Å². The van der Waals surface area contributed by atoms with Crippen LogP contribution >= 0.6 is 0 Å². The fourth-order valence-corrected chi connectivity index (χ4v) is 2.16. The van der Waals surface area contributed by atoms with Crippen LogP contribution in [-0.4, -0.2) is 12.6 Å². The largest absolute Gasteiger partial charge is 0.311 e. The number of benzene rings is 2. The van der Waals surface area contributed by atoms with E-state index in [4.69, 9.17) is 0 Å². The zero-order chi connectivity index (χ0) is 14.0. The second-order valence-electron chi connectivity index (χ2n) is 5.15. The van der Waals surface area contributed by atoms with Crippen molar-refractivity contribution in [2.45, 2.75) is 25.8 Å². The molecule has 0 aliphatic carbocycles. The van der Waals surface area contributed by atoms with Crippen LogP contribution in [0.15, 0.2) is 66.7 Å². The fraction of sp³-hybridized carbons (Fsp3) is 0.263. The smallest absolute Gasteiger partial charge is 0.0140 e. The molecule has 2 aromatic rings. The molecular formula is C19H23N. The summed E-state index contributed by atoms with van der Waals surface area (Å²) in [4.78, 5) is 0. The molecule has 1 atom stereocenters. The molecule has 0 saturated carbocycles. The van der Waals surface area contributed by atoms with E-state index in [0.29, 0.717) is 6.04 Å². The Hall–Kier alpha value is -1.86. The van der Waals surface area contributed by atoms with Gasteiger partial charge in [-0.25, -0.2) is 0 Å². The number of aryl methyl sites for hydroxylation is 1. The number of hydrogen-bond donors (Lipinski definition) is 1. The van der Waals surface area contributed by atoms with Gasteiger partial charge in [0.05, 0.1) is 0 Å². The molecule has 0 radical (unpaired) electrons. The minimum absolute atomic E-state index is 0.538. The van der Waals surface area contributed by atoms with Crippen LogP contribution in [0.1, 0.15) is 24.5 Å². The van der Waals surface area contributed by atoms with E-state index in [0.717, 1.165) is 13.0 Å². The summed E-state index contributed by atoms with van der Waals surface area (Å²) in [6.45, 7) is 3.17. The molecule has 0 spiro atoms. The molecule has 1 heteroatoms. The van der Waals surface area contributed by atoms with E-state index >= 15 is 0 Å². The van der Waals surface area contributed by atoms with Crippen molar-refractivity contribution in [1.82, 2.24) is 5.32 Å². The highest BCUT2D eigenvalue weighted by molar-refractivity contribution is 5.48. The monoisotopic (exact) mass is 265 g/mol. The quantitative estimate of drug-likeness (QED) is 0.786. The van der Waals surface area contributed by atoms with Gasteiger partial charge in [-0.15, -0.1) is 0 Å². The molecule has 20 heavy (non-hydrogen) atoms. The molecule has 0 heterocycles. The SMILES string of the molecule is CC(CCc1ccccc1)NC/C=C/c1ccccc1. The first-order valence-electron chi connectivity index (χ1n) is 7.33. The zero-order valence-corrected chi connectivity index (χ0v) is 12.1. The van der Waals surface area contributed by atoms with Gasteiger partial charge in [-0.3, -0.25) is 0 Å². The van der Waals surface area contributed by atoms with E-state index in [1.165, 1.54) is 17.5 Å². The molecule has 2 aromatic carbocycles. The van der Waals surface area contributed by atoms with Crippen LogP contribution in [0.3, 0.4) is 0 Å². The van der Waals surface area contributed by atoms with Crippen LogP contribution in [0, 0.1) is 0 Å². The van der Waals surface area contributed by atoms with Gasteiger partial charge in [-0.2, -0.15) is 0 Å². The highest BCUT2D eigenvalue weighted by Crippen LogP contribution is 2.05. The molecule has 0 fully saturated rings. The topological polar surface area (TPSA) is 12.0 Å². The van der Waals surface area contributed by atoms with Gasteiger partial charge < -0.3 is 5.32 Å². The summed E-state index contributed by atoms with van der Waals surface area (Å²) in [7, 11) is 0. The molecule has 1 N–H and O–H groups in total. The molecule has 104 valence electrons. The van der Waals surface area contributed by atoms with Crippen LogP contribution in [0.2, 0.25) is 0 Å². The molecule has 0 saturated heterocycles. The van der Waals surface area contributed by atoms with Crippen LogP contribution in [0.5, 0.6) is 0 Å². The van der Waals surface area contributed by atoms with Crippen molar-refractivity contribution in [3.8, 4) is 0 Å². The normalized spacial score (nSPS) is 12.7. The Balaban J connectivity index is 1.65. The second-order valence-corrected chi connectivity index (χ2v) is 5.15. The van der Waals surface area contributed by atoms with Crippen molar-refractivity contribution in [2.24, 2.45) is 0 Å². The van der Waals surface area contributed by atoms with Gasteiger partial charge in [0.25, 0.3) is 0 Å². The first kappa shape index (κ1) is 14.5. The molecule has 1 nitrogen and oxygen atoms in total. The predicted octanol–water partition coefficient (Wildman–Crippen LogP) is 4.31. The Morgan fingerprint density at radius 1 is 0.950 bits per heavy atom. The lowest BCUT2D eigenvalue weighted by Crippen LogP contribution is -2.26. The van der Waals surface area contributed by atoms with Crippen LogP contribution in [0.4, 0.5) is 0 Å². The van der Waals surface area contributed by atoms with E-state index < -0.39 is 0 Å². The molecular weight excluding hydrogens is 242 g/mol. The van der Waals surface area contributed by atoms with Gasteiger partial charge in [0.15, 0.2) is 0 Å². The highest BCUT2D eigenvalue weighted by atomic mass is 14.9. The number of nitrogens with one attached hydrogen (secondary N) is 1. The van der Waals surface area contributed by atoms with Crippen molar-refractivity contribution in [3.05, 3.63) is 77.9 Å². The maximum absolute atomic E-state index is 3.54. The van der Waals surface area contributed by atoms with Crippen LogP contribution < -0.4 is 5.32 Å². The van der Waals surface area contributed by atoms with Gasteiger partial charge in [-0.05, 0) is 30.9 Å². The Morgan fingerprint density at radius 2 is 1.60 bits per heavy atom. The van der Waals surface area contributed by atoms with Gasteiger partial charge in [-0.1, -0.05) is 72.8 Å². The number of hydrogen-bond acceptors (Lipinski definition) is 1. The first-order valence-corrected chi connectivity index (χ1v) is 7.33. The van der Waals surface area contributed by atoms with Crippen molar-refractivity contribution < 1.29 is 0 Å². The summed E-state index contributed by atoms with van der Waals surface area (Å²) in [6.07, 6.45) is 6.66. The first-order chi connectivity index (χ1) is 9.84. The lowest BCUT2D eigenvalue weighted by molar-refractivity contribution is 0.543. The van der Waals surface area contributed by atoms with Crippen molar-refractivity contribution in [2.75, 3.05) is 6.54 Å². The van der Waals surface area contributed by atoms with Gasteiger partial charge >= 0.3 is 0 Å². The summed E-state index contributed by atoms with van der Waals surface area (Å²) in [5.41, 5.74) is 2.67. The maximum atomic E-state index is 3.54. The van der Waals surface area contributed by atoms with E-state index in [9.17, 15) is 0 Å². The standard InChI is InChI=1S/C19H23N/c1-17(14-15-19-11-6-3-7-12-19)20-16-8-13-18-9-4-2-5-10-18/h2-13,17,20H,14-16H2,1H3/b13-8+. The van der Waals surface area contributed by atoms with Gasteiger partial charge in [0.2, 0.25) is 0 Å².